The van der Waals surface area contributed by atoms with Crippen LogP contribution >= 0.6 is 0 Å². The first-order chi connectivity index (χ1) is 14.3. The van der Waals surface area contributed by atoms with Crippen LogP contribution in [-0.2, 0) is 11.2 Å². The summed E-state index contributed by atoms with van der Waals surface area (Å²) in [6, 6.07) is 3.68. The van der Waals surface area contributed by atoms with Crippen molar-refractivity contribution in [3.05, 3.63) is 24.2 Å². The molecule has 160 valence electrons. The summed E-state index contributed by atoms with van der Waals surface area (Å²) in [7, 11) is 0. The Morgan fingerprint density at radius 2 is 2.21 bits per heavy atom. The molecule has 0 bridgehead atoms. The van der Waals surface area contributed by atoms with Crippen LogP contribution in [0.15, 0.2) is 27.8 Å². The number of guanidine groups is 1. The van der Waals surface area contributed by atoms with Crippen LogP contribution in [0.4, 0.5) is 0 Å². The monoisotopic (exact) mass is 402 g/mol. The maximum atomic E-state index is 6.00. The van der Waals surface area contributed by atoms with Gasteiger partial charge in [0.15, 0.2) is 11.7 Å². The number of aromatic amines is 1. The predicted octanol–water partition coefficient (Wildman–Crippen LogP) is 3.15. The number of H-pyrrole nitrogens is 1. The Hall–Kier alpha value is -2.35. The van der Waals surface area contributed by atoms with Gasteiger partial charge in [-0.2, -0.15) is 5.10 Å². The molecule has 1 aliphatic rings. The fourth-order valence-electron chi connectivity index (χ4n) is 3.87. The minimum atomic E-state index is 0.336. The summed E-state index contributed by atoms with van der Waals surface area (Å²) in [5.74, 6) is 3.61. The van der Waals surface area contributed by atoms with Gasteiger partial charge in [-0.3, -0.25) is 10.1 Å². The van der Waals surface area contributed by atoms with E-state index in [1.54, 1.807) is 6.26 Å². The van der Waals surface area contributed by atoms with Crippen molar-refractivity contribution in [1.29, 1.82) is 0 Å². The van der Waals surface area contributed by atoms with Crippen molar-refractivity contribution in [1.82, 2.24) is 25.8 Å². The summed E-state index contributed by atoms with van der Waals surface area (Å²) in [5, 5.41) is 13.8. The number of aromatic nitrogens is 3. The van der Waals surface area contributed by atoms with Gasteiger partial charge in [0.05, 0.1) is 12.4 Å². The van der Waals surface area contributed by atoms with E-state index in [0.29, 0.717) is 23.6 Å². The summed E-state index contributed by atoms with van der Waals surface area (Å²) in [6.07, 6.45) is 8.92. The molecule has 8 heteroatoms. The Labute approximate surface area is 172 Å². The first-order valence-electron chi connectivity index (χ1n) is 10.9. The smallest absolute Gasteiger partial charge is 0.216 e. The second-order valence-corrected chi connectivity index (χ2v) is 7.35. The van der Waals surface area contributed by atoms with E-state index in [1.165, 1.54) is 25.7 Å². The molecular formula is C21H34N6O2. The van der Waals surface area contributed by atoms with E-state index in [1.807, 2.05) is 12.1 Å². The number of hydrogen-bond acceptors (Lipinski definition) is 5. The minimum absolute atomic E-state index is 0.336. The van der Waals surface area contributed by atoms with E-state index in [9.17, 15) is 0 Å². The SMILES string of the molecule is CCNC(=NCCC(OCC)C1CCCC1)NCCc1nc(-c2ccco2)n[nH]1. The molecule has 1 aliphatic carbocycles. The van der Waals surface area contributed by atoms with Gasteiger partial charge in [0.2, 0.25) is 5.82 Å². The Balaban J connectivity index is 1.45. The van der Waals surface area contributed by atoms with Gasteiger partial charge in [0, 0.05) is 32.7 Å². The number of nitrogens with one attached hydrogen (secondary N) is 3. The average Bonchev–Trinajstić information content (AvgIpc) is 3.49. The van der Waals surface area contributed by atoms with E-state index >= 15 is 0 Å². The molecule has 2 aromatic heterocycles. The first kappa shape index (κ1) is 21.4. The Bertz CT molecular complexity index is 721. The van der Waals surface area contributed by atoms with E-state index in [0.717, 1.165) is 50.9 Å². The largest absolute Gasteiger partial charge is 0.461 e. The zero-order chi connectivity index (χ0) is 20.3. The van der Waals surface area contributed by atoms with Crippen LogP contribution in [-0.4, -0.2) is 53.5 Å². The zero-order valence-corrected chi connectivity index (χ0v) is 17.6. The number of nitrogens with zero attached hydrogens (tertiary/aromatic N) is 3. The van der Waals surface area contributed by atoms with Gasteiger partial charge in [-0.1, -0.05) is 12.8 Å². The van der Waals surface area contributed by atoms with Crippen LogP contribution in [0.2, 0.25) is 0 Å². The fraction of sp³-hybridized carbons (Fsp3) is 0.667. The normalized spacial score (nSPS) is 16.3. The standard InChI is InChI=1S/C21H34N6O2/c1-3-22-21(23-13-11-17(28-4-2)16-8-5-6-9-16)24-14-12-19-25-20(27-26-19)18-10-7-15-29-18/h7,10,15-17H,3-6,8-9,11-14H2,1-2H3,(H2,22,23,24)(H,25,26,27). The summed E-state index contributed by atoms with van der Waals surface area (Å²) < 4.78 is 11.3. The van der Waals surface area contributed by atoms with Crippen LogP contribution in [0.1, 0.15) is 51.8 Å². The third kappa shape index (κ3) is 6.59. The van der Waals surface area contributed by atoms with Crippen LogP contribution < -0.4 is 10.6 Å². The third-order valence-electron chi connectivity index (χ3n) is 5.26. The third-order valence-corrected chi connectivity index (χ3v) is 5.26. The van der Waals surface area contributed by atoms with Crippen molar-refractivity contribution >= 4 is 5.96 Å². The van der Waals surface area contributed by atoms with Crippen molar-refractivity contribution in [2.45, 2.75) is 58.5 Å². The number of ether oxygens (including phenoxy) is 1. The van der Waals surface area contributed by atoms with Crippen LogP contribution in [0.3, 0.4) is 0 Å². The lowest BCUT2D eigenvalue weighted by Gasteiger charge is -2.22. The molecule has 1 atom stereocenters. The highest BCUT2D eigenvalue weighted by atomic mass is 16.5. The molecule has 0 saturated heterocycles. The van der Waals surface area contributed by atoms with Crippen molar-refractivity contribution in [3.63, 3.8) is 0 Å². The molecule has 0 aromatic carbocycles. The van der Waals surface area contributed by atoms with Gasteiger partial charge in [-0.05, 0) is 51.2 Å². The fourth-order valence-corrected chi connectivity index (χ4v) is 3.87. The highest BCUT2D eigenvalue weighted by molar-refractivity contribution is 5.79. The van der Waals surface area contributed by atoms with E-state index in [-0.39, 0.29) is 0 Å². The van der Waals surface area contributed by atoms with Gasteiger partial charge in [-0.15, -0.1) is 0 Å². The molecule has 0 aliphatic heterocycles. The highest BCUT2D eigenvalue weighted by Gasteiger charge is 2.24. The lowest BCUT2D eigenvalue weighted by atomic mass is 9.98. The van der Waals surface area contributed by atoms with Crippen molar-refractivity contribution in [2.75, 3.05) is 26.2 Å². The van der Waals surface area contributed by atoms with Gasteiger partial charge >= 0.3 is 0 Å². The maximum Gasteiger partial charge on any atom is 0.216 e. The minimum Gasteiger partial charge on any atom is -0.461 e. The summed E-state index contributed by atoms with van der Waals surface area (Å²) in [4.78, 5) is 9.21. The molecule has 0 spiro atoms. The molecule has 0 amide bonds. The predicted molar refractivity (Wildman–Crippen MR) is 114 cm³/mol. The summed E-state index contributed by atoms with van der Waals surface area (Å²) >= 11 is 0. The van der Waals surface area contributed by atoms with Crippen LogP contribution in [0.5, 0.6) is 0 Å². The molecule has 2 heterocycles. The van der Waals surface area contributed by atoms with Crippen LogP contribution in [0, 0.1) is 5.92 Å². The molecule has 1 saturated carbocycles. The molecule has 29 heavy (non-hydrogen) atoms. The van der Waals surface area contributed by atoms with Gasteiger partial charge < -0.3 is 19.8 Å². The topological polar surface area (TPSA) is 100 Å². The lowest BCUT2D eigenvalue weighted by molar-refractivity contribution is 0.0177. The number of aliphatic imine (C=N–C) groups is 1. The number of furan rings is 1. The molecule has 0 radical (unpaired) electrons. The zero-order valence-electron chi connectivity index (χ0n) is 17.6. The first-order valence-corrected chi connectivity index (χ1v) is 10.9. The van der Waals surface area contributed by atoms with Gasteiger partial charge in [-0.25, -0.2) is 4.98 Å². The average molecular weight is 403 g/mol. The second-order valence-electron chi connectivity index (χ2n) is 7.35. The van der Waals surface area contributed by atoms with Crippen molar-refractivity contribution in [2.24, 2.45) is 10.9 Å². The molecule has 2 aromatic rings. The molecule has 3 rings (SSSR count). The Morgan fingerprint density at radius 3 is 2.93 bits per heavy atom. The molecule has 1 unspecified atom stereocenters. The van der Waals surface area contributed by atoms with E-state index < -0.39 is 0 Å². The number of rotatable bonds is 11. The van der Waals surface area contributed by atoms with Gasteiger partial charge in [0.1, 0.15) is 5.82 Å². The van der Waals surface area contributed by atoms with E-state index in [4.69, 9.17) is 14.1 Å². The Morgan fingerprint density at radius 1 is 1.34 bits per heavy atom. The molecule has 3 N–H and O–H groups in total. The highest BCUT2D eigenvalue weighted by Crippen LogP contribution is 2.30. The molecule has 8 nitrogen and oxygen atoms in total. The quantitative estimate of drug-likeness (QED) is 0.394. The Kier molecular flexibility index (Phi) is 8.55. The molecular weight excluding hydrogens is 368 g/mol. The second kappa shape index (κ2) is 11.6. The summed E-state index contributed by atoms with van der Waals surface area (Å²) in [6.45, 7) is 7.24. The van der Waals surface area contributed by atoms with E-state index in [2.05, 4.69) is 39.7 Å². The van der Waals surface area contributed by atoms with Crippen molar-refractivity contribution < 1.29 is 9.15 Å². The van der Waals surface area contributed by atoms with Gasteiger partial charge in [0.25, 0.3) is 0 Å². The van der Waals surface area contributed by atoms with Crippen LogP contribution in [0.25, 0.3) is 11.6 Å². The maximum absolute atomic E-state index is 6.00. The number of hydrogen-bond donors (Lipinski definition) is 3. The summed E-state index contributed by atoms with van der Waals surface area (Å²) in [5.41, 5.74) is 0. The molecule has 1 fully saturated rings. The van der Waals surface area contributed by atoms with Crippen molar-refractivity contribution in [3.8, 4) is 11.6 Å². The lowest BCUT2D eigenvalue weighted by Crippen LogP contribution is -2.38.